The number of benzene rings is 1. The highest BCUT2D eigenvalue weighted by molar-refractivity contribution is 5.35. The van der Waals surface area contributed by atoms with Gasteiger partial charge in [0.05, 0.1) is 17.4 Å². The van der Waals surface area contributed by atoms with Crippen LogP contribution in [0.25, 0.3) is 5.69 Å². The lowest BCUT2D eigenvalue weighted by molar-refractivity contribution is -0.137. The molecule has 1 N–H and O–H groups in total. The normalized spacial score (nSPS) is 13.5. The first-order valence-electron chi connectivity index (χ1n) is 5.81. The van der Waals surface area contributed by atoms with Crippen LogP contribution in [0.4, 0.5) is 13.2 Å². The van der Waals surface area contributed by atoms with Crippen LogP contribution in [0.1, 0.15) is 24.1 Å². The second-order valence-electron chi connectivity index (χ2n) is 4.27. The summed E-state index contributed by atoms with van der Waals surface area (Å²) in [5.41, 5.74) is 0.914. The quantitative estimate of drug-likeness (QED) is 0.927. The number of aromatic nitrogens is 2. The van der Waals surface area contributed by atoms with Gasteiger partial charge in [-0.3, -0.25) is 0 Å². The molecule has 19 heavy (non-hydrogen) atoms. The SMILES string of the molecule is CNC(C)c1ccc(-n2cc(C(F)(F)F)cn2)cc1. The zero-order chi connectivity index (χ0) is 14.0. The van der Waals surface area contributed by atoms with Gasteiger partial charge in [0.1, 0.15) is 0 Å². The van der Waals surface area contributed by atoms with Crippen LogP contribution >= 0.6 is 0 Å². The van der Waals surface area contributed by atoms with Gasteiger partial charge in [0, 0.05) is 12.2 Å². The van der Waals surface area contributed by atoms with Crippen molar-refractivity contribution in [1.82, 2.24) is 15.1 Å². The van der Waals surface area contributed by atoms with Crippen molar-refractivity contribution < 1.29 is 13.2 Å². The summed E-state index contributed by atoms with van der Waals surface area (Å²) in [6.45, 7) is 2.00. The maximum absolute atomic E-state index is 12.5. The second-order valence-corrected chi connectivity index (χ2v) is 4.27. The van der Waals surface area contributed by atoms with Crippen molar-refractivity contribution in [2.24, 2.45) is 0 Å². The fourth-order valence-electron chi connectivity index (χ4n) is 1.69. The molecule has 0 spiro atoms. The van der Waals surface area contributed by atoms with E-state index < -0.39 is 11.7 Å². The van der Waals surface area contributed by atoms with Crippen LogP contribution in [0.15, 0.2) is 36.7 Å². The van der Waals surface area contributed by atoms with Gasteiger partial charge in [-0.05, 0) is 31.7 Å². The van der Waals surface area contributed by atoms with Gasteiger partial charge in [-0.25, -0.2) is 4.68 Å². The van der Waals surface area contributed by atoms with Crippen LogP contribution in [0.3, 0.4) is 0 Å². The van der Waals surface area contributed by atoms with Crippen LogP contribution in [0.2, 0.25) is 0 Å². The molecule has 1 aromatic carbocycles. The molecule has 0 aliphatic rings. The second kappa shape index (κ2) is 5.05. The van der Waals surface area contributed by atoms with Crippen LogP contribution in [-0.4, -0.2) is 16.8 Å². The number of nitrogens with zero attached hydrogens (tertiary/aromatic N) is 2. The maximum atomic E-state index is 12.5. The standard InChI is InChI=1S/C13H14F3N3/c1-9(17-2)10-3-5-12(6-4-10)19-8-11(7-18-19)13(14,15)16/h3-9,17H,1-2H3. The minimum absolute atomic E-state index is 0.192. The van der Waals surface area contributed by atoms with E-state index >= 15 is 0 Å². The van der Waals surface area contributed by atoms with E-state index in [1.807, 2.05) is 26.1 Å². The summed E-state index contributed by atoms with van der Waals surface area (Å²) >= 11 is 0. The smallest absolute Gasteiger partial charge is 0.313 e. The Morgan fingerprint density at radius 3 is 2.32 bits per heavy atom. The zero-order valence-corrected chi connectivity index (χ0v) is 10.6. The number of halogens is 3. The molecule has 6 heteroatoms. The number of hydrogen-bond donors (Lipinski definition) is 1. The minimum atomic E-state index is -4.36. The Labute approximate surface area is 109 Å². The average Bonchev–Trinajstić information content (AvgIpc) is 2.87. The Morgan fingerprint density at radius 1 is 1.21 bits per heavy atom. The summed E-state index contributed by atoms with van der Waals surface area (Å²) in [6, 6.07) is 7.42. The van der Waals surface area contributed by atoms with Crippen LogP contribution < -0.4 is 5.32 Å². The Balaban J connectivity index is 2.25. The van der Waals surface area contributed by atoms with E-state index in [9.17, 15) is 13.2 Å². The van der Waals surface area contributed by atoms with Gasteiger partial charge in [-0.1, -0.05) is 12.1 Å². The van der Waals surface area contributed by atoms with Crippen molar-refractivity contribution in [2.45, 2.75) is 19.1 Å². The summed E-state index contributed by atoms with van der Waals surface area (Å²) in [4.78, 5) is 0. The molecule has 1 aromatic heterocycles. The summed E-state index contributed by atoms with van der Waals surface area (Å²) < 4.78 is 38.6. The first-order chi connectivity index (χ1) is 8.91. The first kappa shape index (κ1) is 13.6. The van der Waals surface area contributed by atoms with E-state index in [0.717, 1.165) is 18.0 Å². The fourth-order valence-corrected chi connectivity index (χ4v) is 1.69. The predicted molar refractivity (Wildman–Crippen MR) is 66.0 cm³/mol. The number of nitrogens with one attached hydrogen (secondary N) is 1. The molecule has 102 valence electrons. The molecule has 1 heterocycles. The van der Waals surface area contributed by atoms with Crippen molar-refractivity contribution >= 4 is 0 Å². The van der Waals surface area contributed by atoms with E-state index in [1.165, 1.54) is 4.68 Å². The predicted octanol–water partition coefficient (Wildman–Crippen LogP) is 3.17. The molecule has 0 radical (unpaired) electrons. The Bertz CT molecular complexity index is 543. The third-order valence-electron chi connectivity index (χ3n) is 3.00. The van der Waals surface area contributed by atoms with Gasteiger partial charge >= 0.3 is 6.18 Å². The summed E-state index contributed by atoms with van der Waals surface area (Å²) in [5, 5.41) is 6.82. The maximum Gasteiger partial charge on any atom is 0.419 e. The zero-order valence-electron chi connectivity index (χ0n) is 10.6. The molecule has 2 aromatic rings. The topological polar surface area (TPSA) is 29.9 Å². The highest BCUT2D eigenvalue weighted by Gasteiger charge is 2.32. The van der Waals surface area contributed by atoms with Gasteiger partial charge in [-0.15, -0.1) is 0 Å². The molecule has 3 nitrogen and oxygen atoms in total. The van der Waals surface area contributed by atoms with E-state index in [4.69, 9.17) is 0 Å². The third-order valence-corrected chi connectivity index (χ3v) is 3.00. The summed E-state index contributed by atoms with van der Waals surface area (Å²) in [5.74, 6) is 0. The molecule has 0 saturated heterocycles. The fraction of sp³-hybridized carbons (Fsp3) is 0.308. The number of hydrogen-bond acceptors (Lipinski definition) is 2. The van der Waals surface area contributed by atoms with Crippen molar-refractivity contribution in [3.8, 4) is 5.69 Å². The molecule has 0 aliphatic heterocycles. The molecule has 1 atom stereocenters. The van der Waals surface area contributed by atoms with Gasteiger partial charge in [0.25, 0.3) is 0 Å². The molecular formula is C13H14F3N3. The molecule has 0 amide bonds. The van der Waals surface area contributed by atoms with Crippen molar-refractivity contribution in [3.63, 3.8) is 0 Å². The van der Waals surface area contributed by atoms with E-state index in [1.54, 1.807) is 12.1 Å². The highest BCUT2D eigenvalue weighted by atomic mass is 19.4. The first-order valence-corrected chi connectivity index (χ1v) is 5.81. The van der Waals surface area contributed by atoms with Gasteiger partial charge in [0.15, 0.2) is 0 Å². The number of alkyl halides is 3. The van der Waals surface area contributed by atoms with Gasteiger partial charge < -0.3 is 5.32 Å². The summed E-state index contributed by atoms with van der Waals surface area (Å²) in [6.07, 6.45) is -2.56. The Morgan fingerprint density at radius 2 is 1.84 bits per heavy atom. The molecule has 0 bridgehead atoms. The molecule has 0 aliphatic carbocycles. The van der Waals surface area contributed by atoms with Crippen molar-refractivity contribution in [2.75, 3.05) is 7.05 Å². The van der Waals surface area contributed by atoms with Crippen LogP contribution in [0, 0.1) is 0 Å². The van der Waals surface area contributed by atoms with Crippen molar-refractivity contribution in [3.05, 3.63) is 47.8 Å². The Kier molecular flexibility index (Phi) is 3.61. The molecular weight excluding hydrogens is 255 g/mol. The van der Waals surface area contributed by atoms with Crippen LogP contribution in [-0.2, 0) is 6.18 Å². The van der Waals surface area contributed by atoms with E-state index in [2.05, 4.69) is 10.4 Å². The van der Waals surface area contributed by atoms with Crippen LogP contribution in [0.5, 0.6) is 0 Å². The lowest BCUT2D eigenvalue weighted by atomic mass is 10.1. The lowest BCUT2D eigenvalue weighted by Crippen LogP contribution is -2.12. The largest absolute Gasteiger partial charge is 0.419 e. The number of rotatable bonds is 3. The molecule has 1 unspecified atom stereocenters. The van der Waals surface area contributed by atoms with E-state index in [-0.39, 0.29) is 6.04 Å². The van der Waals surface area contributed by atoms with E-state index in [0.29, 0.717) is 5.69 Å². The third kappa shape index (κ3) is 2.96. The van der Waals surface area contributed by atoms with Crippen molar-refractivity contribution in [1.29, 1.82) is 0 Å². The highest BCUT2D eigenvalue weighted by Crippen LogP contribution is 2.29. The summed E-state index contributed by atoms with van der Waals surface area (Å²) in [7, 11) is 1.85. The van der Waals surface area contributed by atoms with Gasteiger partial charge in [-0.2, -0.15) is 18.3 Å². The molecule has 0 fully saturated rings. The average molecular weight is 269 g/mol. The van der Waals surface area contributed by atoms with Gasteiger partial charge in [0.2, 0.25) is 0 Å². The monoisotopic (exact) mass is 269 g/mol. The Hall–Kier alpha value is -1.82. The molecule has 2 rings (SSSR count). The minimum Gasteiger partial charge on any atom is -0.313 e. The molecule has 0 saturated carbocycles. The lowest BCUT2D eigenvalue weighted by Gasteiger charge is -2.11.